The molecule has 0 heterocycles. The molecule has 1 N–H and O–H groups in total. The van der Waals surface area contributed by atoms with Crippen molar-refractivity contribution in [1.82, 2.24) is 0 Å². The minimum atomic E-state index is -2.19. The van der Waals surface area contributed by atoms with Crippen LogP contribution in [0.3, 0.4) is 0 Å². The quantitative estimate of drug-likeness (QED) is 0.590. The van der Waals surface area contributed by atoms with E-state index in [0.29, 0.717) is 0 Å². The van der Waals surface area contributed by atoms with Crippen LogP contribution in [0.2, 0.25) is 0 Å². The molecule has 0 bridgehead atoms. The lowest BCUT2D eigenvalue weighted by Gasteiger charge is -2.19. The number of aliphatic hydroxyl groups is 1. The summed E-state index contributed by atoms with van der Waals surface area (Å²) in [7, 11) is 1.11. The van der Waals surface area contributed by atoms with Gasteiger partial charge in [-0.15, -0.1) is 0 Å². The van der Waals surface area contributed by atoms with Gasteiger partial charge in [-0.3, -0.25) is 4.79 Å². The summed E-state index contributed by atoms with van der Waals surface area (Å²) in [6.45, 7) is 2.03. The Labute approximate surface area is 117 Å². The van der Waals surface area contributed by atoms with Gasteiger partial charge >= 0.3 is 11.9 Å². The van der Waals surface area contributed by atoms with Crippen LogP contribution in [0.1, 0.15) is 39.0 Å². The number of hydrogen-bond donors (Lipinski definition) is 1. The summed E-state index contributed by atoms with van der Waals surface area (Å²) in [5, 5.41) is 9.78. The van der Waals surface area contributed by atoms with Crippen LogP contribution in [0.15, 0.2) is 0 Å². The van der Waals surface area contributed by atoms with Crippen molar-refractivity contribution in [3.63, 3.8) is 0 Å². The maximum atomic E-state index is 14.4. The minimum absolute atomic E-state index is 0.192. The normalized spacial score (nSPS) is 38.2. The number of halogens is 1. The molecule has 20 heavy (non-hydrogen) atoms. The van der Waals surface area contributed by atoms with Crippen LogP contribution in [-0.2, 0) is 19.1 Å². The molecule has 0 aromatic heterocycles. The number of rotatable bonds is 6. The Hall–Kier alpha value is -1.17. The highest BCUT2D eigenvalue weighted by Gasteiger charge is 2.81. The molecule has 0 amide bonds. The topological polar surface area (TPSA) is 72.8 Å². The molecule has 2 rings (SSSR count). The number of hydrogen-bond acceptors (Lipinski definition) is 5. The first-order valence-corrected chi connectivity index (χ1v) is 7.11. The molecule has 0 saturated heterocycles. The number of aliphatic hydroxyl groups excluding tert-OH is 1. The van der Waals surface area contributed by atoms with Crippen molar-refractivity contribution in [2.45, 2.75) is 56.9 Å². The molecule has 2 aliphatic rings. The van der Waals surface area contributed by atoms with Crippen molar-refractivity contribution in [2.75, 3.05) is 7.11 Å². The summed E-state index contributed by atoms with van der Waals surface area (Å²) >= 11 is 0. The summed E-state index contributed by atoms with van der Waals surface area (Å²) in [4.78, 5) is 23.1. The standard InChI is InChI=1S/C14H21FO5/c1-3-4-5-6-10(17)20-9-7-8(16)11-12(9)14(11,15)13(18)19-2/h8-9,11-12,16H,3-7H2,1-2H3/t8-,9+,11+,12-,14+/m0/s1. The van der Waals surface area contributed by atoms with Gasteiger partial charge in [0.25, 0.3) is 0 Å². The van der Waals surface area contributed by atoms with E-state index in [1.807, 2.05) is 6.92 Å². The Kier molecular flexibility index (Phi) is 4.32. The number of unbranched alkanes of at least 4 members (excludes halogenated alkanes) is 2. The van der Waals surface area contributed by atoms with Crippen molar-refractivity contribution in [3.8, 4) is 0 Å². The summed E-state index contributed by atoms with van der Waals surface area (Å²) in [5.41, 5.74) is -2.19. The van der Waals surface area contributed by atoms with Crippen LogP contribution in [-0.4, -0.2) is 42.0 Å². The largest absolute Gasteiger partial charge is 0.467 e. The van der Waals surface area contributed by atoms with Crippen molar-refractivity contribution in [3.05, 3.63) is 0 Å². The Morgan fingerprint density at radius 2 is 2.05 bits per heavy atom. The number of ether oxygens (including phenoxy) is 2. The zero-order valence-electron chi connectivity index (χ0n) is 11.8. The SMILES string of the molecule is CCCCCC(=O)O[C@@H]1C[C@H](O)[C@@H]2[C@H]1[C@@]2(F)C(=O)OC. The fourth-order valence-electron chi connectivity index (χ4n) is 3.26. The zero-order valence-corrected chi connectivity index (χ0v) is 11.8. The van der Waals surface area contributed by atoms with Gasteiger partial charge in [-0.2, -0.15) is 0 Å². The lowest BCUT2D eigenvalue weighted by Crippen LogP contribution is -2.34. The maximum absolute atomic E-state index is 14.4. The van der Waals surface area contributed by atoms with Crippen LogP contribution >= 0.6 is 0 Å². The molecule has 114 valence electrons. The summed E-state index contributed by atoms with van der Waals surface area (Å²) < 4.78 is 24.1. The first-order chi connectivity index (χ1) is 9.46. The van der Waals surface area contributed by atoms with E-state index in [-0.39, 0.29) is 12.8 Å². The molecule has 2 fully saturated rings. The van der Waals surface area contributed by atoms with Crippen LogP contribution in [0.5, 0.6) is 0 Å². The number of esters is 2. The van der Waals surface area contributed by atoms with E-state index in [9.17, 15) is 19.1 Å². The van der Waals surface area contributed by atoms with Crippen molar-refractivity contribution in [2.24, 2.45) is 11.8 Å². The van der Waals surface area contributed by atoms with Gasteiger partial charge in [-0.1, -0.05) is 19.8 Å². The van der Waals surface area contributed by atoms with Crippen LogP contribution in [0.25, 0.3) is 0 Å². The third-order valence-corrected chi connectivity index (χ3v) is 4.30. The highest BCUT2D eigenvalue weighted by molar-refractivity contribution is 5.85. The van der Waals surface area contributed by atoms with Crippen LogP contribution < -0.4 is 0 Å². The first-order valence-electron chi connectivity index (χ1n) is 7.11. The van der Waals surface area contributed by atoms with E-state index in [2.05, 4.69) is 4.74 Å². The molecular formula is C14H21FO5. The second kappa shape index (κ2) is 5.68. The number of carbonyl (C=O) groups excluding carboxylic acids is 2. The Morgan fingerprint density at radius 1 is 1.35 bits per heavy atom. The lowest BCUT2D eigenvalue weighted by atomic mass is 10.1. The fraction of sp³-hybridized carbons (Fsp3) is 0.857. The second-order valence-electron chi connectivity index (χ2n) is 5.60. The molecular weight excluding hydrogens is 267 g/mol. The summed E-state index contributed by atoms with van der Waals surface area (Å²) in [5.74, 6) is -2.95. The molecule has 0 aromatic carbocycles. The Balaban J connectivity index is 1.91. The van der Waals surface area contributed by atoms with Gasteiger partial charge in [-0.25, -0.2) is 9.18 Å². The van der Waals surface area contributed by atoms with Gasteiger partial charge in [0, 0.05) is 18.8 Å². The van der Waals surface area contributed by atoms with Gasteiger partial charge in [0.2, 0.25) is 5.67 Å². The second-order valence-corrected chi connectivity index (χ2v) is 5.60. The Bertz CT molecular complexity index is 399. The van der Waals surface area contributed by atoms with Crippen molar-refractivity contribution < 1.29 is 28.6 Å². The number of alkyl halides is 1. The van der Waals surface area contributed by atoms with E-state index in [1.54, 1.807) is 0 Å². The van der Waals surface area contributed by atoms with Gasteiger partial charge in [0.1, 0.15) is 6.10 Å². The van der Waals surface area contributed by atoms with Crippen LogP contribution in [0, 0.1) is 11.8 Å². The Morgan fingerprint density at radius 3 is 2.65 bits per heavy atom. The molecule has 5 nitrogen and oxygen atoms in total. The van der Waals surface area contributed by atoms with Gasteiger partial charge in [0.05, 0.1) is 19.1 Å². The van der Waals surface area contributed by atoms with Gasteiger partial charge in [0.15, 0.2) is 0 Å². The molecule has 0 unspecified atom stereocenters. The molecule has 5 atom stereocenters. The molecule has 0 aliphatic heterocycles. The van der Waals surface area contributed by atoms with E-state index < -0.39 is 41.7 Å². The van der Waals surface area contributed by atoms with Crippen LogP contribution in [0.4, 0.5) is 4.39 Å². The number of methoxy groups -OCH3 is 1. The van der Waals surface area contributed by atoms with Crippen molar-refractivity contribution in [1.29, 1.82) is 0 Å². The minimum Gasteiger partial charge on any atom is -0.467 e. The lowest BCUT2D eigenvalue weighted by molar-refractivity contribution is -0.158. The molecule has 0 spiro atoms. The van der Waals surface area contributed by atoms with Crippen molar-refractivity contribution >= 4 is 11.9 Å². The van der Waals surface area contributed by atoms with E-state index in [1.165, 1.54) is 0 Å². The van der Waals surface area contributed by atoms with Gasteiger partial charge < -0.3 is 14.6 Å². The van der Waals surface area contributed by atoms with Gasteiger partial charge in [-0.05, 0) is 6.42 Å². The molecule has 6 heteroatoms. The van der Waals surface area contributed by atoms with E-state index in [4.69, 9.17) is 4.74 Å². The predicted molar refractivity (Wildman–Crippen MR) is 67.5 cm³/mol. The van der Waals surface area contributed by atoms with E-state index in [0.717, 1.165) is 26.4 Å². The summed E-state index contributed by atoms with van der Waals surface area (Å²) in [6, 6.07) is 0. The first kappa shape index (κ1) is 15.2. The predicted octanol–water partition coefficient (Wildman–Crippen LogP) is 1.37. The molecule has 2 saturated carbocycles. The average Bonchev–Trinajstić information content (AvgIpc) is 2.91. The smallest absolute Gasteiger partial charge is 0.344 e. The average molecular weight is 288 g/mol. The highest BCUT2D eigenvalue weighted by atomic mass is 19.1. The highest BCUT2D eigenvalue weighted by Crippen LogP contribution is 2.64. The molecule has 0 radical (unpaired) electrons. The third-order valence-electron chi connectivity index (χ3n) is 4.30. The third kappa shape index (κ3) is 2.41. The fourth-order valence-corrected chi connectivity index (χ4v) is 3.26. The summed E-state index contributed by atoms with van der Waals surface area (Å²) in [6.07, 6.45) is 1.45. The monoisotopic (exact) mass is 288 g/mol. The zero-order chi connectivity index (χ0) is 14.9. The molecule has 2 aliphatic carbocycles. The molecule has 0 aromatic rings. The number of carbonyl (C=O) groups is 2. The maximum Gasteiger partial charge on any atom is 0.344 e. The number of fused-ring (bicyclic) bond motifs is 1. The van der Waals surface area contributed by atoms with E-state index >= 15 is 0 Å².